The van der Waals surface area contributed by atoms with Crippen LogP contribution < -0.4 is 4.90 Å². The predicted molar refractivity (Wildman–Crippen MR) is 92.2 cm³/mol. The number of aryl methyl sites for hydroxylation is 1. The summed E-state index contributed by atoms with van der Waals surface area (Å²) in [5.41, 5.74) is 4.11. The first-order valence-corrected chi connectivity index (χ1v) is 7.96. The molecule has 3 heteroatoms. The second kappa shape index (κ2) is 5.76. The third-order valence-corrected chi connectivity index (χ3v) is 4.37. The van der Waals surface area contributed by atoms with Crippen molar-refractivity contribution in [2.24, 2.45) is 0 Å². The Balaban J connectivity index is 1.63. The van der Waals surface area contributed by atoms with E-state index in [1.54, 1.807) is 0 Å². The normalized spacial score (nSPS) is 13.7. The number of aromatic nitrogens is 1. The number of carbonyl (C=O) groups is 1. The molecule has 0 saturated carbocycles. The van der Waals surface area contributed by atoms with Gasteiger partial charge in [-0.3, -0.25) is 4.79 Å². The van der Waals surface area contributed by atoms with E-state index in [1.807, 2.05) is 76.5 Å². The van der Waals surface area contributed by atoms with Gasteiger partial charge in [-0.2, -0.15) is 0 Å². The van der Waals surface area contributed by atoms with E-state index in [-0.39, 0.29) is 5.91 Å². The van der Waals surface area contributed by atoms with E-state index in [1.165, 1.54) is 5.56 Å². The average Bonchev–Trinajstić information content (AvgIpc) is 3.15. The second-order valence-corrected chi connectivity index (χ2v) is 5.83. The lowest BCUT2D eigenvalue weighted by atomic mass is 10.0. The van der Waals surface area contributed by atoms with Crippen molar-refractivity contribution in [3.8, 4) is 5.69 Å². The highest BCUT2D eigenvalue weighted by atomic mass is 16.2. The lowest BCUT2D eigenvalue weighted by molar-refractivity contribution is 0.0985. The Bertz CT molecular complexity index is 819. The molecule has 3 nitrogen and oxygen atoms in total. The largest absolute Gasteiger partial charge is 0.324 e. The number of carbonyl (C=O) groups excluding carboxylic acids is 1. The minimum absolute atomic E-state index is 0.0798. The quantitative estimate of drug-likeness (QED) is 0.700. The standard InChI is InChI=1S/C20H18N2O/c23-20(22-15-5-7-16-6-1-2-8-19(16)22)17-9-11-18(12-10-17)21-13-3-4-14-21/h1-4,6,8-14H,5,7,15H2. The van der Waals surface area contributed by atoms with Crippen molar-refractivity contribution in [2.75, 3.05) is 11.4 Å². The Morgan fingerprint density at radius 2 is 1.61 bits per heavy atom. The smallest absolute Gasteiger partial charge is 0.258 e. The van der Waals surface area contributed by atoms with Crippen molar-refractivity contribution in [3.05, 3.63) is 84.2 Å². The SMILES string of the molecule is O=C(c1ccc(-n2cccc2)cc1)N1CCCc2ccccc21. The van der Waals surface area contributed by atoms with Crippen LogP contribution >= 0.6 is 0 Å². The summed E-state index contributed by atoms with van der Waals surface area (Å²) in [7, 11) is 0. The zero-order valence-electron chi connectivity index (χ0n) is 12.9. The van der Waals surface area contributed by atoms with E-state index in [0.717, 1.165) is 36.3 Å². The van der Waals surface area contributed by atoms with Crippen LogP contribution in [-0.2, 0) is 6.42 Å². The lowest BCUT2D eigenvalue weighted by Crippen LogP contribution is -2.35. The van der Waals surface area contributed by atoms with Gasteiger partial charge in [0.05, 0.1) is 0 Å². The second-order valence-electron chi connectivity index (χ2n) is 5.83. The van der Waals surface area contributed by atoms with Gasteiger partial charge in [-0.15, -0.1) is 0 Å². The molecule has 0 bridgehead atoms. The first-order chi connectivity index (χ1) is 11.3. The summed E-state index contributed by atoms with van der Waals surface area (Å²) >= 11 is 0. The molecule has 0 N–H and O–H groups in total. The van der Waals surface area contributed by atoms with Gasteiger partial charge in [0.25, 0.3) is 5.91 Å². The maximum atomic E-state index is 12.9. The van der Waals surface area contributed by atoms with Crippen LogP contribution in [0.5, 0.6) is 0 Å². The first kappa shape index (κ1) is 13.8. The van der Waals surface area contributed by atoms with Gasteiger partial charge < -0.3 is 9.47 Å². The molecule has 23 heavy (non-hydrogen) atoms. The van der Waals surface area contributed by atoms with Crippen LogP contribution in [0.1, 0.15) is 22.3 Å². The number of para-hydroxylation sites is 1. The third-order valence-electron chi connectivity index (χ3n) is 4.37. The molecule has 2 heterocycles. The molecule has 0 aliphatic carbocycles. The molecule has 114 valence electrons. The van der Waals surface area contributed by atoms with Crippen LogP contribution in [-0.4, -0.2) is 17.0 Å². The van der Waals surface area contributed by atoms with Gasteiger partial charge in [0.2, 0.25) is 0 Å². The van der Waals surface area contributed by atoms with E-state index >= 15 is 0 Å². The monoisotopic (exact) mass is 302 g/mol. The molecule has 1 aromatic heterocycles. The number of rotatable bonds is 2. The Morgan fingerprint density at radius 3 is 2.39 bits per heavy atom. The van der Waals surface area contributed by atoms with Crippen LogP contribution in [0.15, 0.2) is 73.1 Å². The maximum Gasteiger partial charge on any atom is 0.258 e. The molecule has 0 unspecified atom stereocenters. The molecule has 4 rings (SSSR count). The molecular weight excluding hydrogens is 284 g/mol. The van der Waals surface area contributed by atoms with E-state index < -0.39 is 0 Å². The Kier molecular flexibility index (Phi) is 3.46. The molecule has 0 fully saturated rings. The molecule has 1 aliphatic rings. The lowest BCUT2D eigenvalue weighted by Gasteiger charge is -2.29. The number of anilines is 1. The van der Waals surface area contributed by atoms with Gasteiger partial charge >= 0.3 is 0 Å². The third kappa shape index (κ3) is 2.55. The van der Waals surface area contributed by atoms with Gasteiger partial charge in [0.15, 0.2) is 0 Å². The summed E-state index contributed by atoms with van der Waals surface area (Å²) in [6.07, 6.45) is 6.06. The summed E-state index contributed by atoms with van der Waals surface area (Å²) in [5.74, 6) is 0.0798. The van der Waals surface area contributed by atoms with Crippen molar-refractivity contribution in [1.29, 1.82) is 0 Å². The average molecular weight is 302 g/mol. The molecule has 0 radical (unpaired) electrons. The van der Waals surface area contributed by atoms with E-state index in [9.17, 15) is 4.79 Å². The van der Waals surface area contributed by atoms with Crippen LogP contribution in [0, 0.1) is 0 Å². The summed E-state index contributed by atoms with van der Waals surface area (Å²) in [5, 5.41) is 0. The van der Waals surface area contributed by atoms with Crippen molar-refractivity contribution >= 4 is 11.6 Å². The van der Waals surface area contributed by atoms with Crippen molar-refractivity contribution in [1.82, 2.24) is 4.57 Å². The number of amides is 1. The van der Waals surface area contributed by atoms with Crippen molar-refractivity contribution in [2.45, 2.75) is 12.8 Å². The van der Waals surface area contributed by atoms with E-state index in [4.69, 9.17) is 0 Å². The summed E-state index contributed by atoms with van der Waals surface area (Å²) in [4.78, 5) is 14.8. The highest BCUT2D eigenvalue weighted by molar-refractivity contribution is 6.06. The number of nitrogens with zero attached hydrogens (tertiary/aromatic N) is 2. The maximum absolute atomic E-state index is 12.9. The molecular formula is C20H18N2O. The van der Waals surface area contributed by atoms with Gasteiger partial charge in [-0.05, 0) is 60.9 Å². The van der Waals surface area contributed by atoms with Gasteiger partial charge in [0.1, 0.15) is 0 Å². The zero-order valence-corrected chi connectivity index (χ0v) is 12.9. The van der Waals surface area contributed by atoms with Crippen molar-refractivity contribution in [3.63, 3.8) is 0 Å². The highest BCUT2D eigenvalue weighted by Crippen LogP contribution is 2.28. The molecule has 1 aliphatic heterocycles. The minimum Gasteiger partial charge on any atom is -0.324 e. The highest BCUT2D eigenvalue weighted by Gasteiger charge is 2.23. The molecule has 1 amide bonds. The van der Waals surface area contributed by atoms with E-state index in [0.29, 0.717) is 0 Å². The molecule has 0 atom stereocenters. The topological polar surface area (TPSA) is 25.2 Å². The van der Waals surface area contributed by atoms with Crippen molar-refractivity contribution < 1.29 is 4.79 Å². The Labute approximate surface area is 135 Å². The molecule has 0 saturated heterocycles. The summed E-state index contributed by atoms with van der Waals surface area (Å²) in [6, 6.07) is 20.0. The number of fused-ring (bicyclic) bond motifs is 1. The molecule has 2 aromatic carbocycles. The fourth-order valence-corrected chi connectivity index (χ4v) is 3.18. The van der Waals surface area contributed by atoms with Gasteiger partial charge in [-0.25, -0.2) is 0 Å². The van der Waals surface area contributed by atoms with Crippen LogP contribution in [0.25, 0.3) is 5.69 Å². The Morgan fingerprint density at radius 1 is 0.870 bits per heavy atom. The number of benzene rings is 2. The Hall–Kier alpha value is -2.81. The number of hydrogen-bond acceptors (Lipinski definition) is 1. The number of hydrogen-bond donors (Lipinski definition) is 0. The fraction of sp³-hybridized carbons (Fsp3) is 0.150. The van der Waals surface area contributed by atoms with Gasteiger partial charge in [-0.1, -0.05) is 18.2 Å². The molecule has 0 spiro atoms. The van der Waals surface area contributed by atoms with E-state index in [2.05, 4.69) is 6.07 Å². The summed E-state index contributed by atoms with van der Waals surface area (Å²) < 4.78 is 2.03. The predicted octanol–water partition coefficient (Wildman–Crippen LogP) is 4.07. The minimum atomic E-state index is 0.0798. The fourth-order valence-electron chi connectivity index (χ4n) is 3.18. The van der Waals surface area contributed by atoms with Crippen LogP contribution in [0.3, 0.4) is 0 Å². The first-order valence-electron chi connectivity index (χ1n) is 7.96. The van der Waals surface area contributed by atoms with Gasteiger partial charge in [0, 0.05) is 35.9 Å². The summed E-state index contributed by atoms with van der Waals surface area (Å²) in [6.45, 7) is 0.787. The van der Waals surface area contributed by atoms with Crippen LogP contribution in [0.4, 0.5) is 5.69 Å². The molecule has 3 aromatic rings. The van der Waals surface area contributed by atoms with Crippen LogP contribution in [0.2, 0.25) is 0 Å². The zero-order chi connectivity index (χ0) is 15.6.